The summed E-state index contributed by atoms with van der Waals surface area (Å²) in [5.41, 5.74) is 1.63. The number of fused-ring (bicyclic) bond motifs is 1. The molecule has 10 heteroatoms. The number of allylic oxidation sites excluding steroid dienone is 1. The van der Waals surface area contributed by atoms with Gasteiger partial charge in [-0.3, -0.25) is 0 Å². The van der Waals surface area contributed by atoms with Crippen LogP contribution in [0.25, 0.3) is 5.57 Å². The van der Waals surface area contributed by atoms with Crippen LogP contribution in [-0.2, 0) is 5.60 Å². The number of hydrogen-bond donors (Lipinski definition) is 4. The summed E-state index contributed by atoms with van der Waals surface area (Å²) < 4.78 is 44.0. The van der Waals surface area contributed by atoms with Gasteiger partial charge in [-0.15, -0.1) is 5.10 Å². The van der Waals surface area contributed by atoms with E-state index in [1.165, 1.54) is 25.3 Å². The first-order valence-corrected chi connectivity index (χ1v) is 11.3. The second-order valence-electron chi connectivity index (χ2n) is 9.37. The van der Waals surface area contributed by atoms with Crippen molar-refractivity contribution in [2.75, 3.05) is 22.5 Å². The van der Waals surface area contributed by atoms with E-state index in [0.29, 0.717) is 34.8 Å². The molecule has 1 unspecified atom stereocenters. The van der Waals surface area contributed by atoms with Gasteiger partial charge in [-0.1, -0.05) is 24.4 Å². The second kappa shape index (κ2) is 8.89. The van der Waals surface area contributed by atoms with Crippen molar-refractivity contribution in [1.29, 1.82) is 0 Å². The van der Waals surface area contributed by atoms with Crippen molar-refractivity contribution < 1.29 is 22.7 Å². The zero-order valence-electron chi connectivity index (χ0n) is 19.0. The number of benzene rings is 1. The Kier molecular flexibility index (Phi) is 6.30. The fourth-order valence-electron chi connectivity index (χ4n) is 4.41. The van der Waals surface area contributed by atoms with Crippen LogP contribution in [0.2, 0.25) is 0 Å². The number of hydrogen-bond acceptors (Lipinski definition) is 7. The Morgan fingerprint density at radius 2 is 1.88 bits per heavy atom. The fraction of sp³-hybridized carbons (Fsp3) is 0.565. The van der Waals surface area contributed by atoms with Crippen molar-refractivity contribution in [2.24, 2.45) is 0 Å². The van der Waals surface area contributed by atoms with Gasteiger partial charge in [0.05, 0.1) is 5.60 Å². The zero-order valence-corrected chi connectivity index (χ0v) is 19.0. The molecule has 7 nitrogen and oxygen atoms in total. The number of anilines is 3. The van der Waals surface area contributed by atoms with E-state index in [1.54, 1.807) is 19.9 Å². The number of rotatable bonds is 6. The lowest BCUT2D eigenvalue weighted by Gasteiger charge is -2.31. The van der Waals surface area contributed by atoms with Gasteiger partial charge in [0.2, 0.25) is 5.89 Å². The van der Waals surface area contributed by atoms with Crippen LogP contribution in [-0.4, -0.2) is 34.1 Å². The topological polar surface area (TPSA) is 95.2 Å². The molecule has 1 aromatic heterocycles. The van der Waals surface area contributed by atoms with E-state index in [-0.39, 0.29) is 5.69 Å². The highest BCUT2D eigenvalue weighted by molar-refractivity contribution is 5.84. The summed E-state index contributed by atoms with van der Waals surface area (Å²) in [5, 5.41) is 28.1. The molecule has 1 saturated carbocycles. The van der Waals surface area contributed by atoms with Gasteiger partial charge in [0.1, 0.15) is 12.6 Å². The third-order valence-corrected chi connectivity index (χ3v) is 6.07. The van der Waals surface area contributed by atoms with E-state index in [0.717, 1.165) is 18.4 Å². The summed E-state index contributed by atoms with van der Waals surface area (Å²) in [6.45, 7) is 3.90. The Bertz CT molecular complexity index is 1020. The summed E-state index contributed by atoms with van der Waals surface area (Å²) in [4.78, 5) is 0. The molecule has 0 radical (unpaired) electrons. The Labute approximate surface area is 190 Å². The lowest BCUT2D eigenvalue weighted by molar-refractivity contribution is -0.115. The third kappa shape index (κ3) is 5.61. The van der Waals surface area contributed by atoms with E-state index in [9.17, 15) is 18.3 Å². The van der Waals surface area contributed by atoms with Crippen LogP contribution in [0, 0.1) is 0 Å². The Morgan fingerprint density at radius 3 is 2.55 bits per heavy atom. The number of aliphatic hydroxyl groups is 1. The summed E-state index contributed by atoms with van der Waals surface area (Å²) in [6.07, 6.45) is 3.31. The average molecular weight is 466 g/mol. The number of nitrogens with zero attached hydrogens (tertiary/aromatic N) is 2. The molecular formula is C23H30F3N5O2. The van der Waals surface area contributed by atoms with Gasteiger partial charge < -0.3 is 25.5 Å². The van der Waals surface area contributed by atoms with Gasteiger partial charge in [0, 0.05) is 28.5 Å². The molecule has 1 aromatic carbocycles. The first kappa shape index (κ1) is 23.4. The number of nitrogens with one attached hydrogen (secondary N) is 3. The monoisotopic (exact) mass is 465 g/mol. The minimum absolute atomic E-state index is 0.285. The van der Waals surface area contributed by atoms with Gasteiger partial charge in [-0.25, -0.2) is 0 Å². The van der Waals surface area contributed by atoms with Crippen molar-refractivity contribution in [2.45, 2.75) is 76.7 Å². The number of halogens is 3. The van der Waals surface area contributed by atoms with Crippen molar-refractivity contribution in [3.05, 3.63) is 35.2 Å². The quantitative estimate of drug-likeness (QED) is 0.442. The molecule has 2 aliphatic rings. The molecule has 1 aliphatic heterocycles. The second-order valence-corrected chi connectivity index (χ2v) is 9.37. The molecule has 1 atom stereocenters. The van der Waals surface area contributed by atoms with Crippen molar-refractivity contribution >= 4 is 23.0 Å². The van der Waals surface area contributed by atoms with E-state index in [2.05, 4.69) is 26.1 Å². The molecule has 180 valence electrons. The maximum absolute atomic E-state index is 12.7. The van der Waals surface area contributed by atoms with E-state index in [1.807, 2.05) is 13.0 Å². The molecule has 2 aromatic rings. The molecule has 0 bridgehead atoms. The first-order valence-electron chi connectivity index (χ1n) is 11.3. The highest BCUT2D eigenvalue weighted by atomic mass is 19.4. The SMILES string of the molecule is CC1=CC(c2nnc(NC3CCCCC3)o2)Nc2c1cc(NCC(F)(F)F)cc2C(C)(C)O. The molecule has 2 heterocycles. The highest BCUT2D eigenvalue weighted by Crippen LogP contribution is 2.42. The molecule has 0 spiro atoms. The lowest BCUT2D eigenvalue weighted by Crippen LogP contribution is -2.25. The first-order chi connectivity index (χ1) is 15.5. The summed E-state index contributed by atoms with van der Waals surface area (Å²) >= 11 is 0. The van der Waals surface area contributed by atoms with Crippen LogP contribution in [0.15, 0.2) is 22.6 Å². The van der Waals surface area contributed by atoms with Crippen molar-refractivity contribution in [3.63, 3.8) is 0 Å². The molecule has 4 N–H and O–H groups in total. The minimum Gasteiger partial charge on any atom is -0.405 e. The summed E-state index contributed by atoms with van der Waals surface area (Å²) in [7, 11) is 0. The van der Waals surface area contributed by atoms with Crippen molar-refractivity contribution in [3.8, 4) is 0 Å². The van der Waals surface area contributed by atoms with E-state index >= 15 is 0 Å². The summed E-state index contributed by atoms with van der Waals surface area (Å²) in [6, 6.07) is 3.47. The zero-order chi connectivity index (χ0) is 23.8. The van der Waals surface area contributed by atoms with Gasteiger partial charge in [-0.2, -0.15) is 13.2 Å². The molecule has 4 rings (SSSR count). The minimum atomic E-state index is -4.35. The Morgan fingerprint density at radius 1 is 1.15 bits per heavy atom. The van der Waals surface area contributed by atoms with Gasteiger partial charge >= 0.3 is 12.2 Å². The summed E-state index contributed by atoms with van der Waals surface area (Å²) in [5.74, 6) is 0.374. The predicted molar refractivity (Wildman–Crippen MR) is 121 cm³/mol. The van der Waals surface area contributed by atoms with Gasteiger partial charge in [0.15, 0.2) is 0 Å². The van der Waals surface area contributed by atoms with Crippen LogP contribution in [0.3, 0.4) is 0 Å². The van der Waals surface area contributed by atoms with Gasteiger partial charge in [-0.05, 0) is 57.4 Å². The molecule has 0 saturated heterocycles. The highest BCUT2D eigenvalue weighted by Gasteiger charge is 2.31. The molecule has 1 aliphatic carbocycles. The Balaban J connectivity index is 1.60. The van der Waals surface area contributed by atoms with Crippen molar-refractivity contribution in [1.82, 2.24) is 10.2 Å². The molecule has 1 fully saturated rings. The predicted octanol–water partition coefficient (Wildman–Crippen LogP) is 5.59. The van der Waals surface area contributed by atoms with E-state index in [4.69, 9.17) is 4.42 Å². The fourth-order valence-corrected chi connectivity index (χ4v) is 4.41. The van der Waals surface area contributed by atoms with E-state index < -0.39 is 24.4 Å². The molecule has 0 amide bonds. The lowest BCUT2D eigenvalue weighted by atomic mass is 9.88. The average Bonchev–Trinajstić information content (AvgIpc) is 3.20. The number of alkyl halides is 3. The number of aromatic nitrogens is 2. The largest absolute Gasteiger partial charge is 0.405 e. The maximum atomic E-state index is 12.7. The van der Waals surface area contributed by atoms with Gasteiger partial charge in [0.25, 0.3) is 0 Å². The van der Waals surface area contributed by atoms with Crippen LogP contribution in [0.4, 0.5) is 30.6 Å². The van der Waals surface area contributed by atoms with Crippen LogP contribution < -0.4 is 16.0 Å². The Hall–Kier alpha value is -2.75. The molecule has 33 heavy (non-hydrogen) atoms. The maximum Gasteiger partial charge on any atom is 0.405 e. The normalized spacial score (nSPS) is 19.5. The smallest absolute Gasteiger partial charge is 0.405 e. The van der Waals surface area contributed by atoms with Crippen LogP contribution >= 0.6 is 0 Å². The van der Waals surface area contributed by atoms with Crippen LogP contribution in [0.5, 0.6) is 0 Å². The standard InChI is InChI=1S/C23H30F3N5O2/c1-13-9-18(20-30-31-21(33-20)28-14-7-5-4-6-8-14)29-19-16(13)10-15(27-12-23(24,25)26)11-17(19)22(2,3)32/h9-11,14,18,27,29,32H,4-8,12H2,1-3H3,(H,28,31). The molecular weight excluding hydrogens is 435 g/mol. The van der Waals surface area contributed by atoms with Crippen LogP contribution in [0.1, 0.15) is 75.9 Å². The third-order valence-electron chi connectivity index (χ3n) is 6.07.